The molecule has 0 aliphatic heterocycles. The van der Waals surface area contributed by atoms with Gasteiger partial charge in [-0.25, -0.2) is 9.67 Å². The minimum Gasteiger partial charge on any atom is -0.457 e. The first-order valence-corrected chi connectivity index (χ1v) is 10.5. The molecule has 0 radical (unpaired) electrons. The lowest BCUT2D eigenvalue weighted by atomic mass is 10.1. The molecule has 0 fully saturated rings. The van der Waals surface area contributed by atoms with Crippen LogP contribution in [0.3, 0.4) is 0 Å². The first-order valence-electron chi connectivity index (χ1n) is 9.57. The van der Waals surface area contributed by atoms with Crippen LogP contribution in [0.5, 0.6) is 11.5 Å². The third kappa shape index (κ3) is 2.94. The van der Waals surface area contributed by atoms with Gasteiger partial charge in [-0.2, -0.15) is 5.10 Å². The van der Waals surface area contributed by atoms with E-state index in [1.807, 2.05) is 94.4 Å². The van der Waals surface area contributed by atoms with Gasteiger partial charge in [-0.15, -0.1) is 11.3 Å². The summed E-state index contributed by atoms with van der Waals surface area (Å²) in [6.45, 7) is 0. The molecule has 0 saturated carbocycles. The Bertz CT molecular complexity index is 1460. The van der Waals surface area contributed by atoms with Gasteiger partial charge in [0.25, 0.3) is 0 Å². The second kappa shape index (κ2) is 6.86. The number of hydrogen-bond acceptors (Lipinski definition) is 4. The molecule has 4 heterocycles. The Hall–Kier alpha value is -3.90. The maximum absolute atomic E-state index is 6.17. The van der Waals surface area contributed by atoms with Crippen molar-refractivity contribution < 1.29 is 4.74 Å². The Morgan fingerprint density at radius 2 is 1.77 bits per heavy atom. The lowest BCUT2D eigenvalue weighted by molar-refractivity contribution is 0.482. The summed E-state index contributed by atoms with van der Waals surface area (Å²) < 4.78 is 11.3. The SMILES string of the molecule is c1cc(Oc2cccc(-n3ncc4sccc43)c2)cc(-c2cn3ccccc3n2)c1. The van der Waals surface area contributed by atoms with E-state index in [4.69, 9.17) is 9.72 Å². The monoisotopic (exact) mass is 408 g/mol. The van der Waals surface area contributed by atoms with Crippen LogP contribution in [0, 0.1) is 0 Å². The van der Waals surface area contributed by atoms with Crippen LogP contribution in [-0.2, 0) is 0 Å². The highest BCUT2D eigenvalue weighted by atomic mass is 32.1. The fourth-order valence-corrected chi connectivity index (χ4v) is 4.30. The van der Waals surface area contributed by atoms with E-state index in [0.717, 1.165) is 39.6 Å². The van der Waals surface area contributed by atoms with Crippen molar-refractivity contribution in [1.29, 1.82) is 0 Å². The maximum Gasteiger partial charge on any atom is 0.137 e. The highest BCUT2D eigenvalue weighted by molar-refractivity contribution is 7.17. The summed E-state index contributed by atoms with van der Waals surface area (Å²) >= 11 is 1.69. The smallest absolute Gasteiger partial charge is 0.137 e. The molecule has 144 valence electrons. The molecule has 4 aromatic heterocycles. The van der Waals surface area contributed by atoms with Gasteiger partial charge in [-0.3, -0.25) is 0 Å². The van der Waals surface area contributed by atoms with E-state index in [1.54, 1.807) is 11.3 Å². The number of pyridine rings is 1. The summed E-state index contributed by atoms with van der Waals surface area (Å²) in [6, 6.07) is 24.0. The Morgan fingerprint density at radius 1 is 0.867 bits per heavy atom. The first kappa shape index (κ1) is 17.0. The van der Waals surface area contributed by atoms with Gasteiger partial charge in [-0.1, -0.05) is 24.3 Å². The molecule has 2 aromatic carbocycles. The average molecular weight is 408 g/mol. The van der Waals surface area contributed by atoms with Crippen molar-refractivity contribution in [2.24, 2.45) is 0 Å². The van der Waals surface area contributed by atoms with E-state index in [0.29, 0.717) is 0 Å². The van der Waals surface area contributed by atoms with E-state index < -0.39 is 0 Å². The van der Waals surface area contributed by atoms with Gasteiger partial charge in [0.2, 0.25) is 0 Å². The van der Waals surface area contributed by atoms with E-state index in [2.05, 4.69) is 16.5 Å². The molecule has 0 N–H and O–H groups in total. The largest absolute Gasteiger partial charge is 0.457 e. The third-order valence-corrected chi connectivity index (χ3v) is 5.82. The zero-order chi connectivity index (χ0) is 19.9. The van der Waals surface area contributed by atoms with Gasteiger partial charge in [0, 0.05) is 24.0 Å². The van der Waals surface area contributed by atoms with Gasteiger partial charge in [0.15, 0.2) is 0 Å². The summed E-state index contributed by atoms with van der Waals surface area (Å²) in [5.74, 6) is 1.53. The molecule has 0 amide bonds. The summed E-state index contributed by atoms with van der Waals surface area (Å²) in [7, 11) is 0. The number of ether oxygens (including phenoxy) is 1. The van der Waals surface area contributed by atoms with Crippen molar-refractivity contribution in [1.82, 2.24) is 19.2 Å². The summed E-state index contributed by atoms with van der Waals surface area (Å²) in [5.41, 5.74) is 4.92. The van der Waals surface area contributed by atoms with Crippen molar-refractivity contribution in [3.63, 3.8) is 0 Å². The van der Waals surface area contributed by atoms with Crippen molar-refractivity contribution in [3.8, 4) is 28.4 Å². The Labute approximate surface area is 176 Å². The van der Waals surface area contributed by atoms with Crippen molar-refractivity contribution >= 4 is 27.2 Å². The van der Waals surface area contributed by atoms with Crippen LogP contribution in [0.2, 0.25) is 0 Å². The molecule has 6 aromatic rings. The second-order valence-electron chi connectivity index (χ2n) is 6.95. The number of rotatable bonds is 4. The third-order valence-electron chi connectivity index (χ3n) is 4.98. The van der Waals surface area contributed by atoms with Crippen LogP contribution in [0.15, 0.2) is 96.8 Å². The molecule has 6 heteroatoms. The first-order chi connectivity index (χ1) is 14.8. The Balaban J connectivity index is 1.32. The van der Waals surface area contributed by atoms with Crippen LogP contribution in [0.25, 0.3) is 32.8 Å². The molecule has 0 aliphatic rings. The molecule has 0 unspecified atom stereocenters. The molecule has 6 rings (SSSR count). The maximum atomic E-state index is 6.17. The molecular weight excluding hydrogens is 392 g/mol. The number of imidazole rings is 1. The molecule has 0 atom stereocenters. The standard InChI is InChI=1S/C24H16N4OS/c1-2-11-27-16-21(26-24(27)9-1)17-5-3-7-19(13-17)29-20-8-4-6-18(14-20)28-22-10-12-30-23(22)15-25-28/h1-16H. The Morgan fingerprint density at radius 3 is 2.70 bits per heavy atom. The number of fused-ring (bicyclic) bond motifs is 2. The van der Waals surface area contributed by atoms with Gasteiger partial charge >= 0.3 is 0 Å². The number of benzene rings is 2. The zero-order valence-electron chi connectivity index (χ0n) is 15.8. The van der Waals surface area contributed by atoms with Crippen LogP contribution >= 0.6 is 11.3 Å². The van der Waals surface area contributed by atoms with Crippen molar-refractivity contribution in [2.45, 2.75) is 0 Å². The molecule has 0 saturated heterocycles. The number of aromatic nitrogens is 4. The molecule has 0 spiro atoms. The number of thiophene rings is 1. The molecule has 0 aliphatic carbocycles. The van der Waals surface area contributed by atoms with Crippen LogP contribution in [-0.4, -0.2) is 19.2 Å². The van der Waals surface area contributed by atoms with Crippen molar-refractivity contribution in [2.75, 3.05) is 0 Å². The highest BCUT2D eigenvalue weighted by Gasteiger charge is 2.09. The molecule has 30 heavy (non-hydrogen) atoms. The van der Waals surface area contributed by atoms with Gasteiger partial charge in [-0.05, 0) is 47.8 Å². The Kier molecular flexibility index (Phi) is 3.89. The van der Waals surface area contributed by atoms with E-state index in [9.17, 15) is 0 Å². The van der Waals surface area contributed by atoms with E-state index in [1.165, 1.54) is 4.70 Å². The zero-order valence-corrected chi connectivity index (χ0v) is 16.7. The average Bonchev–Trinajstić information content (AvgIpc) is 3.49. The van der Waals surface area contributed by atoms with E-state index >= 15 is 0 Å². The quantitative estimate of drug-likeness (QED) is 0.349. The number of hydrogen-bond donors (Lipinski definition) is 0. The van der Waals surface area contributed by atoms with Crippen LogP contribution < -0.4 is 4.74 Å². The van der Waals surface area contributed by atoms with Gasteiger partial charge < -0.3 is 9.14 Å². The predicted octanol–water partition coefficient (Wildman–Crippen LogP) is 6.19. The minimum absolute atomic E-state index is 0.763. The lowest BCUT2D eigenvalue weighted by Crippen LogP contribution is -1.95. The van der Waals surface area contributed by atoms with Crippen LogP contribution in [0.1, 0.15) is 0 Å². The van der Waals surface area contributed by atoms with Crippen molar-refractivity contribution in [3.05, 3.63) is 96.8 Å². The predicted molar refractivity (Wildman–Crippen MR) is 120 cm³/mol. The number of nitrogens with zero attached hydrogens (tertiary/aromatic N) is 4. The van der Waals surface area contributed by atoms with Gasteiger partial charge in [0.05, 0.1) is 27.8 Å². The van der Waals surface area contributed by atoms with E-state index in [-0.39, 0.29) is 0 Å². The fourth-order valence-electron chi connectivity index (χ4n) is 3.57. The summed E-state index contributed by atoms with van der Waals surface area (Å²) in [4.78, 5) is 4.70. The highest BCUT2D eigenvalue weighted by Crippen LogP contribution is 2.29. The summed E-state index contributed by atoms with van der Waals surface area (Å²) in [5, 5.41) is 6.59. The van der Waals surface area contributed by atoms with Crippen LogP contribution in [0.4, 0.5) is 0 Å². The fraction of sp³-hybridized carbons (Fsp3) is 0. The van der Waals surface area contributed by atoms with Gasteiger partial charge in [0.1, 0.15) is 17.1 Å². The summed E-state index contributed by atoms with van der Waals surface area (Å²) in [6.07, 6.45) is 5.92. The topological polar surface area (TPSA) is 44.4 Å². The molecule has 0 bridgehead atoms. The lowest BCUT2D eigenvalue weighted by Gasteiger charge is -2.09. The normalized spacial score (nSPS) is 11.3. The minimum atomic E-state index is 0.763. The second-order valence-corrected chi connectivity index (χ2v) is 7.89. The molecular formula is C24H16N4OS. The molecule has 5 nitrogen and oxygen atoms in total.